The number of halogens is 2. The van der Waals surface area contributed by atoms with Crippen molar-refractivity contribution in [2.75, 3.05) is 5.32 Å². The summed E-state index contributed by atoms with van der Waals surface area (Å²) in [7, 11) is 0. The number of anilines is 1. The highest BCUT2D eigenvalue weighted by atomic mass is 35.5. The van der Waals surface area contributed by atoms with Crippen molar-refractivity contribution in [3.05, 3.63) is 69.2 Å². The van der Waals surface area contributed by atoms with Crippen LogP contribution in [0.5, 0.6) is 0 Å². The van der Waals surface area contributed by atoms with E-state index in [1.54, 1.807) is 24.3 Å². The van der Waals surface area contributed by atoms with E-state index in [0.717, 1.165) is 22.4 Å². The van der Waals surface area contributed by atoms with Crippen LogP contribution in [0.4, 0.5) is 5.69 Å². The van der Waals surface area contributed by atoms with Gasteiger partial charge in [0, 0.05) is 21.8 Å². The number of hydrogen-bond donors (Lipinski definition) is 1. The van der Waals surface area contributed by atoms with Crippen LogP contribution in [0.15, 0.2) is 42.5 Å². The first-order valence-electron chi connectivity index (χ1n) is 6.46. The van der Waals surface area contributed by atoms with E-state index in [4.69, 9.17) is 23.2 Å². The zero-order valence-electron chi connectivity index (χ0n) is 11.8. The summed E-state index contributed by atoms with van der Waals surface area (Å²) in [5, 5.41) is 3.91. The largest absolute Gasteiger partial charge is 0.322 e. The predicted octanol–water partition coefficient (Wildman–Crippen LogP) is 5.26. The minimum Gasteiger partial charge on any atom is -0.322 e. The van der Waals surface area contributed by atoms with Crippen LogP contribution in [0.1, 0.15) is 16.7 Å². The van der Waals surface area contributed by atoms with Gasteiger partial charge in [-0.3, -0.25) is 4.79 Å². The van der Waals surface area contributed by atoms with Gasteiger partial charge >= 0.3 is 0 Å². The molecule has 0 unspecified atom stereocenters. The van der Waals surface area contributed by atoms with Crippen molar-refractivity contribution in [2.24, 2.45) is 0 Å². The highest BCUT2D eigenvalue weighted by Crippen LogP contribution is 2.22. The summed E-state index contributed by atoms with van der Waals surface area (Å²) < 4.78 is 0. The Labute approximate surface area is 134 Å². The molecule has 0 atom stereocenters. The van der Waals surface area contributed by atoms with Crippen LogP contribution < -0.4 is 5.32 Å². The van der Waals surface area contributed by atoms with E-state index in [9.17, 15) is 4.79 Å². The minimum atomic E-state index is -0.203. The van der Waals surface area contributed by atoms with Crippen LogP contribution >= 0.6 is 23.2 Å². The van der Waals surface area contributed by atoms with E-state index in [2.05, 4.69) is 11.4 Å². The van der Waals surface area contributed by atoms with Crippen molar-refractivity contribution in [3.63, 3.8) is 0 Å². The van der Waals surface area contributed by atoms with Crippen LogP contribution in [0.2, 0.25) is 10.0 Å². The first-order valence-corrected chi connectivity index (χ1v) is 7.22. The molecule has 0 aliphatic rings. The van der Waals surface area contributed by atoms with E-state index in [1.165, 1.54) is 6.08 Å². The van der Waals surface area contributed by atoms with Crippen LogP contribution in [-0.2, 0) is 4.79 Å². The fourth-order valence-electron chi connectivity index (χ4n) is 2.03. The van der Waals surface area contributed by atoms with Gasteiger partial charge in [0.05, 0.1) is 0 Å². The molecule has 0 fully saturated rings. The lowest BCUT2D eigenvalue weighted by atomic mass is 10.1. The molecule has 0 heterocycles. The molecule has 0 saturated heterocycles. The van der Waals surface area contributed by atoms with Crippen molar-refractivity contribution < 1.29 is 4.79 Å². The fraction of sp³-hybridized carbons (Fsp3) is 0.118. The highest BCUT2D eigenvalue weighted by molar-refractivity contribution is 6.35. The molecule has 1 amide bonds. The lowest BCUT2D eigenvalue weighted by molar-refractivity contribution is -0.111. The maximum absolute atomic E-state index is 11.9. The second-order valence-electron chi connectivity index (χ2n) is 4.86. The molecule has 4 heteroatoms. The van der Waals surface area contributed by atoms with Crippen molar-refractivity contribution in [1.82, 2.24) is 0 Å². The van der Waals surface area contributed by atoms with Crippen molar-refractivity contribution >= 4 is 40.9 Å². The molecule has 0 aliphatic heterocycles. The number of aryl methyl sites for hydroxylation is 2. The van der Waals surface area contributed by atoms with Crippen LogP contribution in [0, 0.1) is 13.8 Å². The Morgan fingerprint density at radius 1 is 1.05 bits per heavy atom. The van der Waals surface area contributed by atoms with Crippen molar-refractivity contribution in [1.29, 1.82) is 0 Å². The third-order valence-electron chi connectivity index (χ3n) is 2.87. The van der Waals surface area contributed by atoms with Gasteiger partial charge in [-0.1, -0.05) is 35.3 Å². The molecule has 2 rings (SSSR count). The first kappa shape index (κ1) is 15.6. The fourth-order valence-corrected chi connectivity index (χ4v) is 2.50. The molecule has 1 N–H and O–H groups in total. The average molecular weight is 320 g/mol. The summed E-state index contributed by atoms with van der Waals surface area (Å²) >= 11 is 11.9. The summed E-state index contributed by atoms with van der Waals surface area (Å²) in [6, 6.07) is 11.0. The summed E-state index contributed by atoms with van der Waals surface area (Å²) in [6.07, 6.45) is 3.11. The van der Waals surface area contributed by atoms with Gasteiger partial charge in [-0.05, 0) is 60.9 Å². The van der Waals surface area contributed by atoms with Gasteiger partial charge in [0.1, 0.15) is 0 Å². The number of hydrogen-bond acceptors (Lipinski definition) is 1. The molecule has 108 valence electrons. The number of amides is 1. The number of carbonyl (C=O) groups excluding carboxylic acids is 1. The Morgan fingerprint density at radius 3 is 2.33 bits per heavy atom. The Bertz CT molecular complexity index is 688. The number of carbonyl (C=O) groups is 1. The van der Waals surface area contributed by atoms with E-state index < -0.39 is 0 Å². The molecule has 2 aromatic rings. The van der Waals surface area contributed by atoms with Gasteiger partial charge in [0.2, 0.25) is 5.91 Å². The van der Waals surface area contributed by atoms with Gasteiger partial charge in [-0.25, -0.2) is 0 Å². The quantitative estimate of drug-likeness (QED) is 0.768. The lowest BCUT2D eigenvalue weighted by Crippen LogP contribution is -2.08. The van der Waals surface area contributed by atoms with Gasteiger partial charge < -0.3 is 5.32 Å². The molecule has 0 bridgehead atoms. The Balaban J connectivity index is 2.09. The Morgan fingerprint density at radius 2 is 1.71 bits per heavy atom. The molecule has 2 aromatic carbocycles. The summed E-state index contributed by atoms with van der Waals surface area (Å²) in [6.45, 7) is 3.98. The molecule has 0 spiro atoms. The van der Waals surface area contributed by atoms with Gasteiger partial charge in [-0.2, -0.15) is 0 Å². The molecule has 21 heavy (non-hydrogen) atoms. The lowest BCUT2D eigenvalue weighted by Gasteiger charge is -2.05. The zero-order chi connectivity index (χ0) is 15.4. The Hall–Kier alpha value is -1.77. The Kier molecular flexibility index (Phi) is 5.05. The van der Waals surface area contributed by atoms with Gasteiger partial charge in [0.25, 0.3) is 0 Å². The molecular formula is C17H15Cl2NO. The van der Waals surface area contributed by atoms with Crippen molar-refractivity contribution in [2.45, 2.75) is 13.8 Å². The molecule has 0 aliphatic carbocycles. The minimum absolute atomic E-state index is 0.203. The maximum Gasteiger partial charge on any atom is 0.248 e. The normalized spacial score (nSPS) is 10.9. The monoisotopic (exact) mass is 319 g/mol. The van der Waals surface area contributed by atoms with E-state index in [-0.39, 0.29) is 5.91 Å². The van der Waals surface area contributed by atoms with E-state index in [1.807, 2.05) is 26.0 Å². The number of nitrogens with one attached hydrogen (secondary N) is 1. The van der Waals surface area contributed by atoms with Crippen molar-refractivity contribution in [3.8, 4) is 0 Å². The van der Waals surface area contributed by atoms with Crippen LogP contribution in [0.3, 0.4) is 0 Å². The van der Waals surface area contributed by atoms with Gasteiger partial charge in [0.15, 0.2) is 0 Å². The summed E-state index contributed by atoms with van der Waals surface area (Å²) in [5.74, 6) is -0.203. The van der Waals surface area contributed by atoms with Crippen LogP contribution in [0.25, 0.3) is 6.08 Å². The maximum atomic E-state index is 11.9. The second-order valence-corrected chi connectivity index (χ2v) is 5.71. The second kappa shape index (κ2) is 6.79. The van der Waals surface area contributed by atoms with Gasteiger partial charge in [-0.15, -0.1) is 0 Å². The third kappa shape index (κ3) is 4.62. The molecule has 0 radical (unpaired) electrons. The summed E-state index contributed by atoms with van der Waals surface area (Å²) in [4.78, 5) is 11.9. The van der Waals surface area contributed by atoms with Crippen LogP contribution in [-0.4, -0.2) is 5.91 Å². The topological polar surface area (TPSA) is 29.1 Å². The number of rotatable bonds is 3. The first-order chi connectivity index (χ1) is 9.94. The van der Waals surface area contributed by atoms with E-state index in [0.29, 0.717) is 10.0 Å². The molecular weight excluding hydrogens is 305 g/mol. The highest BCUT2D eigenvalue weighted by Gasteiger charge is 2.01. The predicted molar refractivity (Wildman–Crippen MR) is 90.0 cm³/mol. The number of benzene rings is 2. The zero-order valence-corrected chi connectivity index (χ0v) is 13.3. The molecule has 0 aromatic heterocycles. The summed E-state index contributed by atoms with van der Waals surface area (Å²) in [5.41, 5.74) is 3.74. The molecule has 2 nitrogen and oxygen atoms in total. The SMILES string of the molecule is Cc1cc(C)cc(NC(=O)C=Cc2ccc(Cl)cc2Cl)c1. The molecule has 0 saturated carbocycles. The van der Waals surface area contributed by atoms with E-state index >= 15 is 0 Å². The third-order valence-corrected chi connectivity index (χ3v) is 3.43. The average Bonchev–Trinajstić information content (AvgIpc) is 2.36. The smallest absolute Gasteiger partial charge is 0.248 e. The standard InChI is InChI=1S/C17H15Cl2NO/c1-11-7-12(2)9-15(8-11)20-17(21)6-4-13-3-5-14(18)10-16(13)19/h3-10H,1-2H3,(H,20,21).